The van der Waals surface area contributed by atoms with Crippen molar-refractivity contribution < 1.29 is 26.4 Å². The summed E-state index contributed by atoms with van der Waals surface area (Å²) < 4.78 is 58.4. The van der Waals surface area contributed by atoms with E-state index in [0.29, 0.717) is 0 Å². The predicted molar refractivity (Wildman–Crippen MR) is 109 cm³/mol. The summed E-state index contributed by atoms with van der Waals surface area (Å²) in [6, 6.07) is 9.43. The maximum absolute atomic E-state index is 13.0. The van der Waals surface area contributed by atoms with Crippen molar-refractivity contribution in [2.24, 2.45) is 5.73 Å². The zero-order valence-electron chi connectivity index (χ0n) is 16.2. The number of sulfone groups is 1. The number of nitrogens with zero attached hydrogens (tertiary/aromatic N) is 1. The van der Waals surface area contributed by atoms with Gasteiger partial charge in [-0.3, -0.25) is 9.52 Å². The molecule has 0 saturated carbocycles. The van der Waals surface area contributed by atoms with Gasteiger partial charge in [0.25, 0.3) is 15.9 Å². The molecule has 0 unspecified atom stereocenters. The van der Waals surface area contributed by atoms with Crippen molar-refractivity contribution in [1.82, 2.24) is 4.90 Å². The number of carbonyl (C=O) groups is 1. The van der Waals surface area contributed by atoms with Gasteiger partial charge >= 0.3 is 0 Å². The van der Waals surface area contributed by atoms with E-state index in [1.165, 1.54) is 43.5 Å². The molecule has 0 bridgehead atoms. The number of amides is 1. The van der Waals surface area contributed by atoms with Crippen LogP contribution >= 0.6 is 0 Å². The van der Waals surface area contributed by atoms with E-state index in [1.807, 2.05) is 0 Å². The van der Waals surface area contributed by atoms with E-state index in [4.69, 9.17) is 10.5 Å². The fraction of sp³-hybridized carbons (Fsp3) is 0.278. The summed E-state index contributed by atoms with van der Waals surface area (Å²) >= 11 is 0. The lowest BCUT2D eigenvalue weighted by Gasteiger charge is -2.15. The van der Waals surface area contributed by atoms with E-state index in [-0.39, 0.29) is 39.1 Å². The van der Waals surface area contributed by atoms with Crippen LogP contribution < -0.4 is 15.2 Å². The first-order valence-corrected chi connectivity index (χ1v) is 11.6. The van der Waals surface area contributed by atoms with Gasteiger partial charge in [-0.1, -0.05) is 12.1 Å². The molecule has 2 aromatic carbocycles. The first-order valence-electron chi connectivity index (χ1n) is 8.45. The molecular weight excluding hydrogens is 418 g/mol. The SMILES string of the molecule is COc1ccc(S(=O)(=O)CCN(C)C)cc1S(=O)(=O)Nc1ccccc1C(N)=O. The van der Waals surface area contributed by atoms with Crippen LogP contribution in [0, 0.1) is 0 Å². The van der Waals surface area contributed by atoms with Crippen LogP contribution in [-0.4, -0.2) is 61.1 Å². The predicted octanol–water partition coefficient (Wildman–Crippen LogP) is 0.930. The molecule has 29 heavy (non-hydrogen) atoms. The summed E-state index contributed by atoms with van der Waals surface area (Å²) in [6.07, 6.45) is 0. The number of methoxy groups -OCH3 is 1. The minimum atomic E-state index is -4.28. The highest BCUT2D eigenvalue weighted by Crippen LogP contribution is 2.29. The van der Waals surface area contributed by atoms with Gasteiger partial charge in [0.05, 0.1) is 29.0 Å². The summed E-state index contributed by atoms with van der Waals surface area (Å²) in [5.41, 5.74) is 5.24. The molecule has 9 nitrogen and oxygen atoms in total. The summed E-state index contributed by atoms with van der Waals surface area (Å²) in [4.78, 5) is 12.7. The second-order valence-electron chi connectivity index (χ2n) is 6.45. The highest BCUT2D eigenvalue weighted by atomic mass is 32.2. The number of nitrogens with one attached hydrogen (secondary N) is 1. The fourth-order valence-corrected chi connectivity index (χ4v) is 5.23. The van der Waals surface area contributed by atoms with Crippen LogP contribution in [0.15, 0.2) is 52.3 Å². The second-order valence-corrected chi connectivity index (χ2v) is 10.2. The molecule has 0 saturated heterocycles. The number of primary amides is 1. The molecular formula is C18H23N3O6S2. The number of hydrogen-bond donors (Lipinski definition) is 2. The molecule has 0 aliphatic rings. The standard InChI is InChI=1S/C18H23N3O6S2/c1-21(2)10-11-28(23,24)13-8-9-16(27-3)17(12-13)29(25,26)20-15-7-5-4-6-14(15)18(19)22/h4-9,12,20H,10-11H2,1-3H3,(H2,19,22). The Labute approximate surface area is 170 Å². The number of hydrogen-bond acceptors (Lipinski definition) is 7. The zero-order valence-corrected chi connectivity index (χ0v) is 17.9. The largest absolute Gasteiger partial charge is 0.495 e. The maximum atomic E-state index is 13.0. The molecule has 0 aromatic heterocycles. The maximum Gasteiger partial charge on any atom is 0.265 e. The van der Waals surface area contributed by atoms with Crippen LogP contribution in [0.3, 0.4) is 0 Å². The van der Waals surface area contributed by atoms with E-state index < -0.39 is 25.8 Å². The normalized spacial score (nSPS) is 12.0. The van der Waals surface area contributed by atoms with Crippen molar-refractivity contribution in [3.05, 3.63) is 48.0 Å². The molecule has 0 spiro atoms. The van der Waals surface area contributed by atoms with E-state index in [9.17, 15) is 21.6 Å². The van der Waals surface area contributed by atoms with E-state index in [0.717, 1.165) is 6.07 Å². The third kappa shape index (κ3) is 5.46. The van der Waals surface area contributed by atoms with Crippen molar-refractivity contribution in [2.45, 2.75) is 9.79 Å². The molecule has 0 heterocycles. The number of anilines is 1. The number of ether oxygens (including phenoxy) is 1. The van der Waals surface area contributed by atoms with Crippen molar-refractivity contribution in [3.63, 3.8) is 0 Å². The summed E-state index contributed by atoms with van der Waals surface area (Å²) in [5, 5.41) is 0. The quantitative estimate of drug-likeness (QED) is 0.591. The molecule has 2 aromatic rings. The zero-order chi connectivity index (χ0) is 21.8. The summed E-state index contributed by atoms with van der Waals surface area (Å²) in [5.74, 6) is -1.03. The summed E-state index contributed by atoms with van der Waals surface area (Å²) in [6.45, 7) is 0.278. The molecule has 1 amide bonds. The Morgan fingerprint density at radius 1 is 1.10 bits per heavy atom. The highest BCUT2D eigenvalue weighted by molar-refractivity contribution is 7.93. The van der Waals surface area contributed by atoms with Crippen molar-refractivity contribution in [2.75, 3.05) is 38.2 Å². The fourth-order valence-electron chi connectivity index (χ4n) is 2.47. The van der Waals surface area contributed by atoms with Gasteiger partial charge in [-0.25, -0.2) is 16.8 Å². The summed E-state index contributed by atoms with van der Waals surface area (Å²) in [7, 11) is -3.26. The lowest BCUT2D eigenvalue weighted by Crippen LogP contribution is -2.22. The van der Waals surface area contributed by atoms with Crippen LogP contribution in [0.5, 0.6) is 5.75 Å². The smallest absolute Gasteiger partial charge is 0.265 e. The van der Waals surface area contributed by atoms with E-state index in [1.54, 1.807) is 19.0 Å². The molecule has 0 aliphatic heterocycles. The average molecular weight is 442 g/mol. The van der Waals surface area contributed by atoms with Crippen LogP contribution in [0.1, 0.15) is 10.4 Å². The lowest BCUT2D eigenvalue weighted by atomic mass is 10.2. The van der Waals surface area contributed by atoms with Gasteiger partial charge < -0.3 is 15.4 Å². The van der Waals surface area contributed by atoms with Gasteiger partial charge in [0.15, 0.2) is 9.84 Å². The van der Waals surface area contributed by atoms with Crippen LogP contribution in [0.25, 0.3) is 0 Å². The minimum absolute atomic E-state index is 0.0233. The molecule has 0 atom stereocenters. The van der Waals surface area contributed by atoms with Crippen LogP contribution in [0.4, 0.5) is 5.69 Å². The monoisotopic (exact) mass is 441 g/mol. The molecule has 0 fully saturated rings. The molecule has 3 N–H and O–H groups in total. The Kier molecular flexibility index (Phi) is 6.88. The minimum Gasteiger partial charge on any atom is -0.495 e. The average Bonchev–Trinajstić information content (AvgIpc) is 2.66. The highest BCUT2D eigenvalue weighted by Gasteiger charge is 2.25. The first-order chi connectivity index (χ1) is 13.5. The topological polar surface area (TPSA) is 136 Å². The van der Waals surface area contributed by atoms with Gasteiger partial charge in [-0.05, 0) is 44.4 Å². The number of sulfonamides is 1. The Bertz CT molecular complexity index is 1110. The molecule has 2 rings (SSSR count). The number of nitrogens with two attached hydrogens (primary N) is 1. The van der Waals surface area contributed by atoms with E-state index in [2.05, 4.69) is 4.72 Å². The Morgan fingerprint density at radius 3 is 2.34 bits per heavy atom. The van der Waals surface area contributed by atoms with Crippen molar-refractivity contribution in [1.29, 1.82) is 0 Å². The number of para-hydroxylation sites is 1. The van der Waals surface area contributed by atoms with Gasteiger partial charge in [0, 0.05) is 6.54 Å². The Morgan fingerprint density at radius 2 is 1.76 bits per heavy atom. The number of rotatable bonds is 9. The van der Waals surface area contributed by atoms with Crippen molar-refractivity contribution >= 4 is 31.5 Å². The first kappa shape index (κ1) is 22.7. The van der Waals surface area contributed by atoms with Gasteiger partial charge in [0.2, 0.25) is 0 Å². The Hall–Kier alpha value is -2.63. The molecule has 158 valence electrons. The Balaban J connectivity index is 2.51. The van der Waals surface area contributed by atoms with Crippen LogP contribution in [0.2, 0.25) is 0 Å². The van der Waals surface area contributed by atoms with Gasteiger partial charge in [-0.2, -0.15) is 0 Å². The van der Waals surface area contributed by atoms with Crippen LogP contribution in [-0.2, 0) is 19.9 Å². The van der Waals surface area contributed by atoms with Crippen molar-refractivity contribution in [3.8, 4) is 5.75 Å². The molecule has 11 heteroatoms. The van der Waals surface area contributed by atoms with Gasteiger partial charge in [0.1, 0.15) is 10.6 Å². The molecule has 0 aliphatic carbocycles. The number of benzene rings is 2. The second kappa shape index (κ2) is 8.80. The third-order valence-electron chi connectivity index (χ3n) is 4.03. The molecule has 0 radical (unpaired) electrons. The lowest BCUT2D eigenvalue weighted by molar-refractivity contribution is 0.100. The van der Waals surface area contributed by atoms with Gasteiger partial charge in [-0.15, -0.1) is 0 Å². The third-order valence-corrected chi connectivity index (χ3v) is 7.11. The number of carbonyl (C=O) groups excluding carboxylic acids is 1. The van der Waals surface area contributed by atoms with E-state index >= 15 is 0 Å².